The molecule has 1 amide bonds. The molecule has 9 heteroatoms. The van der Waals surface area contributed by atoms with E-state index in [0.29, 0.717) is 0 Å². The molecule has 0 saturated carbocycles. The summed E-state index contributed by atoms with van der Waals surface area (Å²) < 4.78 is 29.7. The van der Waals surface area contributed by atoms with Gasteiger partial charge in [-0.05, 0) is 22.3 Å². The number of alkyl carbamates (subject to hydrolysis) is 1. The van der Waals surface area contributed by atoms with Gasteiger partial charge in [0, 0.05) is 24.9 Å². The maximum absolute atomic E-state index is 12.2. The summed E-state index contributed by atoms with van der Waals surface area (Å²) in [4.78, 5) is 12.2. The Morgan fingerprint density at radius 3 is 2.35 bits per heavy atom. The monoisotopic (exact) mass is 441 g/mol. The van der Waals surface area contributed by atoms with Crippen molar-refractivity contribution < 1.29 is 23.1 Å². The molecule has 2 aromatic carbocycles. The van der Waals surface area contributed by atoms with Gasteiger partial charge < -0.3 is 15.2 Å². The van der Waals surface area contributed by atoms with Crippen LogP contribution < -0.4 is 5.32 Å². The molecule has 1 unspecified atom stereocenters. The summed E-state index contributed by atoms with van der Waals surface area (Å²) in [5, 5.41) is 16.6. The topological polar surface area (TPSA) is 111 Å². The molecule has 0 bridgehead atoms. The van der Waals surface area contributed by atoms with E-state index in [4.69, 9.17) is 4.74 Å². The van der Waals surface area contributed by atoms with Crippen LogP contribution in [0.1, 0.15) is 17.0 Å². The number of sulfone groups is 1. The lowest BCUT2D eigenvalue weighted by Gasteiger charge is -2.16. The number of aliphatic hydroxyl groups is 1. The number of nitrogens with zero attached hydrogens (tertiary/aromatic N) is 2. The van der Waals surface area contributed by atoms with Crippen molar-refractivity contribution in [1.82, 2.24) is 15.1 Å². The fraction of sp³-hybridized carbons (Fsp3) is 0.273. The highest BCUT2D eigenvalue weighted by Crippen LogP contribution is 2.44. The van der Waals surface area contributed by atoms with Crippen molar-refractivity contribution in [3.05, 3.63) is 72.1 Å². The predicted molar refractivity (Wildman–Crippen MR) is 114 cm³/mol. The highest BCUT2D eigenvalue weighted by atomic mass is 32.2. The molecule has 1 aliphatic rings. The van der Waals surface area contributed by atoms with Gasteiger partial charge in [-0.3, -0.25) is 4.68 Å². The first kappa shape index (κ1) is 21.1. The Hall–Kier alpha value is -3.17. The second-order valence-electron chi connectivity index (χ2n) is 7.53. The SMILES string of the molecule is CS(=O)(=O)c1cnn(CC(O)CNC(=O)OCC2c3ccccc3-c3ccccc32)c1. The van der Waals surface area contributed by atoms with Gasteiger partial charge in [0.15, 0.2) is 9.84 Å². The van der Waals surface area contributed by atoms with Crippen LogP contribution in [-0.2, 0) is 21.1 Å². The summed E-state index contributed by atoms with van der Waals surface area (Å²) in [5.41, 5.74) is 4.54. The Morgan fingerprint density at radius 1 is 1.16 bits per heavy atom. The van der Waals surface area contributed by atoms with E-state index in [-0.39, 0.29) is 30.5 Å². The van der Waals surface area contributed by atoms with Crippen LogP contribution in [0.5, 0.6) is 0 Å². The van der Waals surface area contributed by atoms with E-state index in [9.17, 15) is 18.3 Å². The van der Waals surface area contributed by atoms with Gasteiger partial charge in [0.2, 0.25) is 0 Å². The highest BCUT2D eigenvalue weighted by molar-refractivity contribution is 7.90. The van der Waals surface area contributed by atoms with Crippen molar-refractivity contribution in [3.63, 3.8) is 0 Å². The van der Waals surface area contributed by atoms with Crippen molar-refractivity contribution in [1.29, 1.82) is 0 Å². The molecule has 1 aromatic heterocycles. The third-order valence-electron chi connectivity index (χ3n) is 5.26. The molecule has 0 spiro atoms. The summed E-state index contributed by atoms with van der Waals surface area (Å²) in [5.74, 6) is -0.0402. The summed E-state index contributed by atoms with van der Waals surface area (Å²) >= 11 is 0. The zero-order valence-corrected chi connectivity index (χ0v) is 17.7. The molecule has 0 radical (unpaired) electrons. The molecule has 2 N–H and O–H groups in total. The number of amides is 1. The van der Waals surface area contributed by atoms with Gasteiger partial charge in [-0.2, -0.15) is 5.10 Å². The molecule has 8 nitrogen and oxygen atoms in total. The second kappa shape index (κ2) is 8.52. The Balaban J connectivity index is 1.30. The molecular weight excluding hydrogens is 418 g/mol. The van der Waals surface area contributed by atoms with E-state index >= 15 is 0 Å². The Morgan fingerprint density at radius 2 is 1.77 bits per heavy atom. The first-order valence-electron chi connectivity index (χ1n) is 9.82. The number of nitrogens with one attached hydrogen (secondary N) is 1. The number of aromatic nitrogens is 2. The molecule has 31 heavy (non-hydrogen) atoms. The summed E-state index contributed by atoms with van der Waals surface area (Å²) in [7, 11) is -3.36. The van der Waals surface area contributed by atoms with Gasteiger partial charge in [-0.15, -0.1) is 0 Å². The van der Waals surface area contributed by atoms with Gasteiger partial charge >= 0.3 is 6.09 Å². The van der Waals surface area contributed by atoms with Crippen LogP contribution in [0.2, 0.25) is 0 Å². The number of fused-ring (bicyclic) bond motifs is 3. The number of rotatable bonds is 7. The predicted octanol–water partition coefficient (Wildman–Crippen LogP) is 2.19. The van der Waals surface area contributed by atoms with Gasteiger partial charge in [0.25, 0.3) is 0 Å². The molecule has 0 fully saturated rings. The van der Waals surface area contributed by atoms with Gasteiger partial charge in [0.05, 0.1) is 18.8 Å². The smallest absolute Gasteiger partial charge is 0.407 e. The average Bonchev–Trinajstić information content (AvgIpc) is 3.34. The molecule has 4 rings (SSSR count). The minimum atomic E-state index is -3.36. The fourth-order valence-electron chi connectivity index (χ4n) is 3.77. The maximum Gasteiger partial charge on any atom is 0.407 e. The molecule has 1 aliphatic carbocycles. The summed E-state index contributed by atoms with van der Waals surface area (Å²) in [6.45, 7) is 0.177. The largest absolute Gasteiger partial charge is 0.449 e. The van der Waals surface area contributed by atoms with E-state index < -0.39 is 22.0 Å². The van der Waals surface area contributed by atoms with Crippen molar-refractivity contribution in [2.75, 3.05) is 19.4 Å². The molecule has 0 saturated heterocycles. The molecule has 162 valence electrons. The average molecular weight is 442 g/mol. The number of ether oxygens (including phenoxy) is 1. The van der Waals surface area contributed by atoms with Gasteiger partial charge in [-0.1, -0.05) is 48.5 Å². The molecule has 1 atom stereocenters. The zero-order chi connectivity index (χ0) is 22.0. The van der Waals surface area contributed by atoms with Crippen molar-refractivity contribution >= 4 is 15.9 Å². The lowest BCUT2D eigenvalue weighted by Crippen LogP contribution is -2.35. The van der Waals surface area contributed by atoms with Gasteiger partial charge in [0.1, 0.15) is 11.5 Å². The van der Waals surface area contributed by atoms with Crippen LogP contribution in [0, 0.1) is 0 Å². The minimum Gasteiger partial charge on any atom is -0.449 e. The van der Waals surface area contributed by atoms with E-state index in [1.807, 2.05) is 36.4 Å². The van der Waals surface area contributed by atoms with E-state index in [1.54, 1.807) is 0 Å². The van der Waals surface area contributed by atoms with Crippen LogP contribution in [0.3, 0.4) is 0 Å². The highest BCUT2D eigenvalue weighted by Gasteiger charge is 2.29. The van der Waals surface area contributed by atoms with Crippen LogP contribution in [-0.4, -0.2) is 54.9 Å². The number of aliphatic hydroxyl groups excluding tert-OH is 1. The number of benzene rings is 2. The van der Waals surface area contributed by atoms with Crippen molar-refractivity contribution in [3.8, 4) is 11.1 Å². The van der Waals surface area contributed by atoms with Crippen LogP contribution in [0.15, 0.2) is 65.8 Å². The van der Waals surface area contributed by atoms with Crippen molar-refractivity contribution in [2.45, 2.75) is 23.5 Å². The first-order valence-corrected chi connectivity index (χ1v) is 11.7. The van der Waals surface area contributed by atoms with Crippen LogP contribution in [0.25, 0.3) is 11.1 Å². The zero-order valence-electron chi connectivity index (χ0n) is 16.9. The molecule has 1 heterocycles. The third-order valence-corrected chi connectivity index (χ3v) is 6.33. The van der Waals surface area contributed by atoms with Crippen molar-refractivity contribution in [2.24, 2.45) is 0 Å². The first-order chi connectivity index (χ1) is 14.8. The molecule has 0 aliphatic heterocycles. The fourth-order valence-corrected chi connectivity index (χ4v) is 4.32. The number of carbonyl (C=O) groups excluding carboxylic acids is 1. The third kappa shape index (κ3) is 4.62. The Bertz CT molecular complexity index is 1160. The van der Waals surface area contributed by atoms with Gasteiger partial charge in [-0.25, -0.2) is 13.2 Å². The van der Waals surface area contributed by atoms with E-state index in [0.717, 1.165) is 28.5 Å². The normalized spacial score (nSPS) is 14.0. The maximum atomic E-state index is 12.2. The van der Waals surface area contributed by atoms with Crippen LogP contribution >= 0.6 is 0 Å². The Labute approximate surface area is 180 Å². The minimum absolute atomic E-state index is 0.0402. The van der Waals surface area contributed by atoms with E-state index in [2.05, 4.69) is 22.5 Å². The second-order valence-corrected chi connectivity index (χ2v) is 9.55. The summed E-state index contributed by atoms with van der Waals surface area (Å²) in [6, 6.07) is 16.1. The number of carbonyl (C=O) groups is 1. The summed E-state index contributed by atoms with van der Waals surface area (Å²) in [6.07, 6.45) is 2.07. The quantitative estimate of drug-likeness (QED) is 0.582. The number of hydrogen-bond acceptors (Lipinski definition) is 6. The Kier molecular flexibility index (Phi) is 5.79. The molecule has 3 aromatic rings. The van der Waals surface area contributed by atoms with Crippen LogP contribution in [0.4, 0.5) is 4.79 Å². The lowest BCUT2D eigenvalue weighted by molar-refractivity contribution is 0.120. The lowest BCUT2D eigenvalue weighted by atomic mass is 9.98. The standard InChI is InChI=1S/C22H23N3O5S/c1-31(28,29)16-11-24-25(13-16)12-15(26)10-23-22(27)30-14-21-19-8-4-2-6-17(19)18-7-3-5-9-20(18)21/h2-9,11,13,15,21,26H,10,12,14H2,1H3,(H,23,27). The molecular formula is C22H23N3O5S. The number of hydrogen-bond donors (Lipinski definition) is 2. The van der Waals surface area contributed by atoms with E-state index in [1.165, 1.54) is 17.1 Å².